The molecule has 1 aromatic heterocycles. The van der Waals surface area contributed by atoms with Gasteiger partial charge in [-0.15, -0.1) is 0 Å². The second-order valence-corrected chi connectivity index (χ2v) is 10.0. The molecule has 0 bridgehead atoms. The van der Waals surface area contributed by atoms with Crippen molar-refractivity contribution in [3.63, 3.8) is 0 Å². The van der Waals surface area contributed by atoms with Crippen LogP contribution in [-0.4, -0.2) is 68.8 Å². The van der Waals surface area contributed by atoms with Crippen LogP contribution in [0.25, 0.3) is 10.2 Å². The first kappa shape index (κ1) is 20.0. The molecule has 9 heteroatoms. The van der Waals surface area contributed by atoms with E-state index < -0.39 is 10.0 Å². The lowest BCUT2D eigenvalue weighted by Gasteiger charge is -2.31. The molecule has 1 amide bonds. The van der Waals surface area contributed by atoms with Gasteiger partial charge in [0.25, 0.3) is 5.91 Å². The third kappa shape index (κ3) is 3.91. The van der Waals surface area contributed by atoms with Crippen LogP contribution >= 0.6 is 11.3 Å². The first-order chi connectivity index (χ1) is 13.9. The van der Waals surface area contributed by atoms with E-state index >= 15 is 0 Å². The van der Waals surface area contributed by atoms with Crippen molar-refractivity contribution in [1.29, 1.82) is 0 Å². The van der Waals surface area contributed by atoms with Gasteiger partial charge in [0.1, 0.15) is 0 Å². The summed E-state index contributed by atoms with van der Waals surface area (Å²) in [5, 5.41) is 0.573. The minimum atomic E-state index is -3.63. The summed E-state index contributed by atoms with van der Waals surface area (Å²) in [5.41, 5.74) is 1.15. The maximum absolute atomic E-state index is 13.0. The van der Waals surface area contributed by atoms with Crippen molar-refractivity contribution >= 4 is 42.6 Å². The Morgan fingerprint density at radius 1 is 1.07 bits per heavy atom. The number of piperazine rings is 1. The molecule has 1 fully saturated rings. The summed E-state index contributed by atoms with van der Waals surface area (Å²) in [5.74, 6) is -0.292. The number of hydrogen-bond acceptors (Lipinski definition) is 6. The van der Waals surface area contributed by atoms with Gasteiger partial charge in [-0.25, -0.2) is 13.4 Å². The van der Waals surface area contributed by atoms with Crippen molar-refractivity contribution in [2.24, 2.45) is 0 Å². The van der Waals surface area contributed by atoms with Gasteiger partial charge >= 0.3 is 0 Å². The van der Waals surface area contributed by atoms with Crippen LogP contribution < -0.4 is 4.90 Å². The van der Waals surface area contributed by atoms with Crippen LogP contribution in [0.1, 0.15) is 10.4 Å². The summed E-state index contributed by atoms with van der Waals surface area (Å²) in [4.78, 5) is 21.2. The van der Waals surface area contributed by atoms with Gasteiger partial charge in [0.05, 0.1) is 15.1 Å². The monoisotopic (exact) mass is 430 g/mol. The Morgan fingerprint density at radius 2 is 1.79 bits per heavy atom. The molecule has 2 heterocycles. The summed E-state index contributed by atoms with van der Waals surface area (Å²) in [7, 11) is -0.00163. The number of thiazole rings is 1. The number of fused-ring (bicyclic) bond motifs is 1. The number of anilines is 1. The van der Waals surface area contributed by atoms with Gasteiger partial charge in [-0.3, -0.25) is 9.69 Å². The van der Waals surface area contributed by atoms with Gasteiger partial charge in [-0.2, -0.15) is 4.31 Å². The number of carbonyl (C=O) groups is 1. The lowest BCUT2D eigenvalue weighted by Crippen LogP contribution is -2.47. The van der Waals surface area contributed by atoms with Crippen LogP contribution in [0.2, 0.25) is 0 Å². The van der Waals surface area contributed by atoms with Crippen molar-refractivity contribution in [3.8, 4) is 0 Å². The molecule has 0 unspecified atom stereocenters. The number of nitrogens with zero attached hydrogens (tertiary/aromatic N) is 4. The number of aromatic nitrogens is 1. The molecule has 0 saturated carbocycles. The standard InChI is InChI=1S/C20H22N4O3S2/c1-22-10-12-24(13-11-22)29(26,27)16-7-5-6-15(14-16)19(25)23(2)20-21-17-8-3-4-9-18(17)28-20/h3-9,14H,10-13H2,1-2H3. The van der Waals surface area contributed by atoms with E-state index in [1.807, 2.05) is 31.3 Å². The summed E-state index contributed by atoms with van der Waals surface area (Å²) >= 11 is 1.42. The van der Waals surface area contributed by atoms with Crippen LogP contribution in [-0.2, 0) is 10.0 Å². The lowest BCUT2D eigenvalue weighted by molar-refractivity contribution is 0.0993. The maximum atomic E-state index is 13.0. The third-order valence-electron chi connectivity index (χ3n) is 5.06. The first-order valence-electron chi connectivity index (χ1n) is 9.28. The predicted octanol–water partition coefficient (Wildman–Crippen LogP) is 2.51. The molecule has 152 valence electrons. The summed E-state index contributed by atoms with van der Waals surface area (Å²) in [6.07, 6.45) is 0. The molecule has 29 heavy (non-hydrogen) atoms. The number of hydrogen-bond donors (Lipinski definition) is 0. The van der Waals surface area contributed by atoms with Gasteiger partial charge < -0.3 is 4.90 Å². The van der Waals surface area contributed by atoms with Gasteiger partial charge in [-0.05, 0) is 37.4 Å². The van der Waals surface area contributed by atoms with E-state index in [2.05, 4.69) is 9.88 Å². The maximum Gasteiger partial charge on any atom is 0.259 e. The highest BCUT2D eigenvalue weighted by Crippen LogP contribution is 2.29. The Bertz CT molecular complexity index is 1120. The van der Waals surface area contributed by atoms with Gasteiger partial charge in [0, 0.05) is 38.8 Å². The zero-order valence-corrected chi connectivity index (χ0v) is 17.9. The zero-order chi connectivity index (χ0) is 20.6. The molecule has 3 aromatic rings. The van der Waals surface area contributed by atoms with Crippen molar-refractivity contribution < 1.29 is 13.2 Å². The van der Waals surface area contributed by atoms with Gasteiger partial charge in [0.15, 0.2) is 5.13 Å². The van der Waals surface area contributed by atoms with E-state index in [1.165, 1.54) is 26.6 Å². The largest absolute Gasteiger partial charge is 0.304 e. The topological polar surface area (TPSA) is 73.8 Å². The Morgan fingerprint density at radius 3 is 2.52 bits per heavy atom. The number of likely N-dealkylation sites (N-methyl/N-ethyl adjacent to an activating group) is 1. The van der Waals surface area contributed by atoms with Crippen LogP contribution in [0, 0.1) is 0 Å². The second-order valence-electron chi connectivity index (χ2n) is 7.06. The van der Waals surface area contributed by atoms with Gasteiger partial charge in [-0.1, -0.05) is 29.5 Å². The second kappa shape index (κ2) is 7.83. The van der Waals surface area contributed by atoms with Crippen LogP contribution in [0.4, 0.5) is 5.13 Å². The minimum absolute atomic E-state index is 0.144. The molecular weight excluding hydrogens is 408 g/mol. The highest BCUT2D eigenvalue weighted by atomic mass is 32.2. The molecule has 0 aliphatic carbocycles. The third-order valence-corrected chi connectivity index (χ3v) is 8.06. The lowest BCUT2D eigenvalue weighted by atomic mass is 10.2. The molecule has 1 aliphatic rings. The predicted molar refractivity (Wildman–Crippen MR) is 115 cm³/mol. The molecule has 0 spiro atoms. The summed E-state index contributed by atoms with van der Waals surface area (Å²) < 4.78 is 28.5. The van der Waals surface area contributed by atoms with E-state index in [1.54, 1.807) is 25.2 Å². The fourth-order valence-electron chi connectivity index (χ4n) is 3.25. The smallest absolute Gasteiger partial charge is 0.259 e. The highest BCUT2D eigenvalue weighted by molar-refractivity contribution is 7.89. The average Bonchev–Trinajstić information content (AvgIpc) is 3.17. The molecule has 1 aliphatic heterocycles. The number of benzene rings is 2. The van der Waals surface area contributed by atoms with Crippen molar-refractivity contribution in [2.45, 2.75) is 4.90 Å². The highest BCUT2D eigenvalue weighted by Gasteiger charge is 2.28. The number of amides is 1. The summed E-state index contributed by atoms with van der Waals surface area (Å²) in [6.45, 7) is 2.28. The number of para-hydroxylation sites is 1. The van der Waals surface area contributed by atoms with E-state index in [-0.39, 0.29) is 10.8 Å². The van der Waals surface area contributed by atoms with Crippen LogP contribution in [0.15, 0.2) is 53.4 Å². The van der Waals surface area contributed by atoms with E-state index in [9.17, 15) is 13.2 Å². The quantitative estimate of drug-likeness (QED) is 0.636. The Balaban J connectivity index is 1.60. The van der Waals surface area contributed by atoms with Crippen LogP contribution in [0.3, 0.4) is 0 Å². The fraction of sp³-hybridized carbons (Fsp3) is 0.300. The normalized spacial score (nSPS) is 16.2. The summed E-state index contributed by atoms with van der Waals surface area (Å²) in [6, 6.07) is 13.9. The minimum Gasteiger partial charge on any atom is -0.304 e. The zero-order valence-electron chi connectivity index (χ0n) is 16.3. The van der Waals surface area contributed by atoms with E-state index in [4.69, 9.17) is 0 Å². The SMILES string of the molecule is CN1CCN(S(=O)(=O)c2cccc(C(=O)N(C)c3nc4ccccc4s3)c2)CC1. The molecule has 1 saturated heterocycles. The van der Waals surface area contributed by atoms with E-state index in [0.29, 0.717) is 36.9 Å². The number of rotatable bonds is 4. The molecule has 0 radical (unpaired) electrons. The first-order valence-corrected chi connectivity index (χ1v) is 11.5. The van der Waals surface area contributed by atoms with Crippen LogP contribution in [0.5, 0.6) is 0 Å². The number of carbonyl (C=O) groups excluding carboxylic acids is 1. The van der Waals surface area contributed by atoms with Crippen molar-refractivity contribution in [2.75, 3.05) is 45.2 Å². The Kier molecular flexibility index (Phi) is 5.39. The molecule has 0 N–H and O–H groups in total. The molecule has 7 nitrogen and oxygen atoms in total. The van der Waals surface area contributed by atoms with Crippen molar-refractivity contribution in [1.82, 2.24) is 14.2 Å². The molecule has 2 aromatic carbocycles. The Labute approximate surface area is 174 Å². The molecule has 0 atom stereocenters. The van der Waals surface area contributed by atoms with Gasteiger partial charge in [0.2, 0.25) is 10.0 Å². The molecular formula is C20H22N4O3S2. The average molecular weight is 431 g/mol. The van der Waals surface area contributed by atoms with Crippen molar-refractivity contribution in [3.05, 3.63) is 54.1 Å². The molecule has 4 rings (SSSR count). The number of sulfonamides is 1. The van der Waals surface area contributed by atoms with E-state index in [0.717, 1.165) is 10.2 Å². The Hall–Kier alpha value is -2.33. The fourth-order valence-corrected chi connectivity index (χ4v) is 5.65.